The van der Waals surface area contributed by atoms with Gasteiger partial charge in [-0.15, -0.1) is 0 Å². The first-order chi connectivity index (χ1) is 8.25. The zero-order valence-corrected chi connectivity index (χ0v) is 11.3. The molecule has 2 aromatic rings. The molecule has 1 aromatic carbocycles. The van der Waals surface area contributed by atoms with E-state index in [1.165, 1.54) is 29.5 Å². The zero-order chi connectivity index (χ0) is 12.1. The van der Waals surface area contributed by atoms with Gasteiger partial charge in [0.25, 0.3) is 0 Å². The van der Waals surface area contributed by atoms with Gasteiger partial charge in [0.2, 0.25) is 0 Å². The maximum atomic E-state index is 2.25. The van der Waals surface area contributed by atoms with Crippen LogP contribution in [-0.2, 0) is 6.42 Å². The highest BCUT2D eigenvalue weighted by Gasteiger charge is 1.99. The van der Waals surface area contributed by atoms with Crippen LogP contribution >= 0.6 is 11.3 Å². The van der Waals surface area contributed by atoms with Gasteiger partial charge >= 0.3 is 0 Å². The Morgan fingerprint density at radius 2 is 1.76 bits per heavy atom. The van der Waals surface area contributed by atoms with Crippen LogP contribution in [0.5, 0.6) is 0 Å². The van der Waals surface area contributed by atoms with Crippen LogP contribution in [0.25, 0.3) is 11.1 Å². The van der Waals surface area contributed by atoms with Gasteiger partial charge in [0.05, 0.1) is 0 Å². The Morgan fingerprint density at radius 1 is 1.00 bits per heavy atom. The zero-order valence-electron chi connectivity index (χ0n) is 10.5. The Kier molecular flexibility index (Phi) is 4.35. The molecule has 1 heterocycles. The number of aryl methyl sites for hydroxylation is 1. The molecule has 0 unspecified atom stereocenters. The summed E-state index contributed by atoms with van der Waals surface area (Å²) >= 11 is 1.75. The van der Waals surface area contributed by atoms with Crippen LogP contribution in [0.3, 0.4) is 0 Å². The van der Waals surface area contributed by atoms with Gasteiger partial charge in [-0.05, 0) is 67.0 Å². The predicted molar refractivity (Wildman–Crippen MR) is 76.6 cm³/mol. The van der Waals surface area contributed by atoms with Crippen LogP contribution in [0.15, 0.2) is 41.1 Å². The molecule has 1 aromatic heterocycles. The summed E-state index contributed by atoms with van der Waals surface area (Å²) in [5.41, 5.74) is 4.09. The lowest BCUT2D eigenvalue weighted by atomic mass is 10.0. The first kappa shape index (κ1) is 12.3. The van der Waals surface area contributed by atoms with Gasteiger partial charge < -0.3 is 4.90 Å². The maximum absolute atomic E-state index is 2.25. The third-order valence-corrected chi connectivity index (χ3v) is 3.56. The van der Waals surface area contributed by atoms with Crippen LogP contribution < -0.4 is 0 Å². The lowest BCUT2D eigenvalue weighted by Gasteiger charge is -2.09. The average molecular weight is 245 g/mol. The minimum atomic E-state index is 1.16. The van der Waals surface area contributed by atoms with E-state index >= 15 is 0 Å². The van der Waals surface area contributed by atoms with Crippen molar-refractivity contribution in [1.82, 2.24) is 4.90 Å². The summed E-state index contributed by atoms with van der Waals surface area (Å²) in [5.74, 6) is 0. The highest BCUT2D eigenvalue weighted by molar-refractivity contribution is 7.08. The Hall–Kier alpha value is -1.12. The van der Waals surface area contributed by atoms with E-state index in [4.69, 9.17) is 0 Å². The molecule has 0 atom stereocenters. The number of rotatable bonds is 5. The molecule has 2 heteroatoms. The Labute approximate surface area is 108 Å². The van der Waals surface area contributed by atoms with Gasteiger partial charge in [-0.25, -0.2) is 0 Å². The van der Waals surface area contributed by atoms with Gasteiger partial charge in [-0.3, -0.25) is 0 Å². The van der Waals surface area contributed by atoms with Crippen LogP contribution in [0.4, 0.5) is 0 Å². The van der Waals surface area contributed by atoms with Crippen LogP contribution in [-0.4, -0.2) is 25.5 Å². The van der Waals surface area contributed by atoms with Gasteiger partial charge in [-0.1, -0.05) is 24.3 Å². The first-order valence-electron chi connectivity index (χ1n) is 6.02. The van der Waals surface area contributed by atoms with Crippen molar-refractivity contribution in [3.05, 3.63) is 46.7 Å². The number of thiophene rings is 1. The predicted octanol–water partition coefficient (Wildman–Crippen LogP) is 3.91. The van der Waals surface area contributed by atoms with Gasteiger partial charge in [0.15, 0.2) is 0 Å². The Balaban J connectivity index is 1.94. The van der Waals surface area contributed by atoms with E-state index < -0.39 is 0 Å². The second kappa shape index (κ2) is 5.99. The van der Waals surface area contributed by atoms with Crippen molar-refractivity contribution in [3.8, 4) is 11.1 Å². The largest absolute Gasteiger partial charge is 0.309 e. The lowest BCUT2D eigenvalue weighted by molar-refractivity contribution is 0.400. The van der Waals surface area contributed by atoms with Crippen molar-refractivity contribution in [2.24, 2.45) is 0 Å². The summed E-state index contributed by atoms with van der Waals surface area (Å²) in [7, 11) is 4.25. The van der Waals surface area contributed by atoms with E-state index in [1.807, 2.05) is 0 Å². The van der Waals surface area contributed by atoms with Crippen molar-refractivity contribution < 1.29 is 0 Å². The van der Waals surface area contributed by atoms with Gasteiger partial charge in [0, 0.05) is 0 Å². The minimum absolute atomic E-state index is 1.16. The molecule has 0 saturated carbocycles. The Bertz CT molecular complexity index is 428. The van der Waals surface area contributed by atoms with Crippen molar-refractivity contribution in [2.75, 3.05) is 20.6 Å². The normalized spacial score (nSPS) is 11.0. The average Bonchev–Trinajstić information content (AvgIpc) is 2.83. The fourth-order valence-electron chi connectivity index (χ4n) is 1.89. The molecule has 2 rings (SSSR count). The molecule has 0 bridgehead atoms. The fraction of sp³-hybridized carbons (Fsp3) is 0.333. The summed E-state index contributed by atoms with van der Waals surface area (Å²) < 4.78 is 0. The van der Waals surface area contributed by atoms with E-state index in [9.17, 15) is 0 Å². The van der Waals surface area contributed by atoms with Crippen LogP contribution in [0.1, 0.15) is 12.0 Å². The molecule has 0 N–H and O–H groups in total. The second-order valence-corrected chi connectivity index (χ2v) is 5.40. The van der Waals surface area contributed by atoms with Crippen molar-refractivity contribution >= 4 is 11.3 Å². The number of hydrogen-bond acceptors (Lipinski definition) is 2. The topological polar surface area (TPSA) is 3.24 Å². The molecule has 0 amide bonds. The SMILES string of the molecule is CN(C)CCCc1ccc(-c2ccsc2)cc1. The second-order valence-electron chi connectivity index (χ2n) is 4.62. The summed E-state index contributed by atoms with van der Waals surface area (Å²) in [5, 5.41) is 4.32. The molecule has 17 heavy (non-hydrogen) atoms. The molecular formula is C15H19NS. The van der Waals surface area contributed by atoms with Crippen LogP contribution in [0, 0.1) is 0 Å². The highest BCUT2D eigenvalue weighted by atomic mass is 32.1. The van der Waals surface area contributed by atoms with E-state index in [2.05, 4.69) is 60.1 Å². The number of benzene rings is 1. The number of hydrogen-bond donors (Lipinski definition) is 0. The third-order valence-electron chi connectivity index (χ3n) is 2.88. The minimum Gasteiger partial charge on any atom is -0.309 e. The molecule has 0 radical (unpaired) electrons. The summed E-state index contributed by atoms with van der Waals surface area (Å²) in [6.45, 7) is 1.16. The summed E-state index contributed by atoms with van der Waals surface area (Å²) in [4.78, 5) is 2.24. The maximum Gasteiger partial charge on any atom is -0.00147 e. The van der Waals surface area contributed by atoms with Crippen molar-refractivity contribution in [1.29, 1.82) is 0 Å². The standard InChI is InChI=1S/C15H19NS/c1-16(2)10-3-4-13-5-7-14(8-6-13)15-9-11-17-12-15/h5-9,11-12H,3-4,10H2,1-2H3. The van der Waals surface area contributed by atoms with Crippen molar-refractivity contribution in [3.63, 3.8) is 0 Å². The van der Waals surface area contributed by atoms with Gasteiger partial charge in [-0.2, -0.15) is 11.3 Å². The molecule has 1 nitrogen and oxygen atoms in total. The summed E-state index contributed by atoms with van der Waals surface area (Å²) in [6, 6.07) is 11.1. The smallest absolute Gasteiger partial charge is 0.00147 e. The number of nitrogens with zero attached hydrogens (tertiary/aromatic N) is 1. The van der Waals surface area contributed by atoms with E-state index in [0.29, 0.717) is 0 Å². The van der Waals surface area contributed by atoms with E-state index in [-0.39, 0.29) is 0 Å². The third kappa shape index (κ3) is 3.69. The van der Waals surface area contributed by atoms with E-state index in [0.717, 1.165) is 6.54 Å². The quantitative estimate of drug-likeness (QED) is 0.772. The van der Waals surface area contributed by atoms with E-state index in [1.54, 1.807) is 11.3 Å². The van der Waals surface area contributed by atoms with Gasteiger partial charge in [0.1, 0.15) is 0 Å². The molecule has 0 saturated heterocycles. The molecule has 0 fully saturated rings. The Morgan fingerprint density at radius 3 is 2.35 bits per heavy atom. The van der Waals surface area contributed by atoms with Crippen LogP contribution in [0.2, 0.25) is 0 Å². The molecule has 0 spiro atoms. The summed E-state index contributed by atoms with van der Waals surface area (Å²) in [6.07, 6.45) is 2.40. The first-order valence-corrected chi connectivity index (χ1v) is 6.96. The highest BCUT2D eigenvalue weighted by Crippen LogP contribution is 2.22. The molecule has 90 valence electrons. The molecule has 0 aliphatic rings. The monoisotopic (exact) mass is 245 g/mol. The van der Waals surface area contributed by atoms with Crippen molar-refractivity contribution in [2.45, 2.75) is 12.8 Å². The molecule has 0 aliphatic heterocycles. The molecular weight excluding hydrogens is 226 g/mol. The fourth-order valence-corrected chi connectivity index (χ4v) is 2.56. The molecule has 0 aliphatic carbocycles. The lowest BCUT2D eigenvalue weighted by Crippen LogP contribution is -2.13.